The maximum absolute atomic E-state index is 12.6. The first kappa shape index (κ1) is 29.4. The number of nitrogens with one attached hydrogen (secondary N) is 3. The molecule has 2 aromatic carbocycles. The van der Waals surface area contributed by atoms with E-state index in [1.165, 1.54) is 11.1 Å². The van der Waals surface area contributed by atoms with Crippen molar-refractivity contribution in [3.63, 3.8) is 0 Å². The molecule has 10 heteroatoms. The van der Waals surface area contributed by atoms with Gasteiger partial charge in [0.2, 0.25) is 0 Å². The van der Waals surface area contributed by atoms with Gasteiger partial charge in [-0.25, -0.2) is 14.4 Å². The van der Waals surface area contributed by atoms with Crippen molar-refractivity contribution in [1.82, 2.24) is 15.5 Å². The highest BCUT2D eigenvalue weighted by molar-refractivity contribution is 5.98. The summed E-state index contributed by atoms with van der Waals surface area (Å²) in [5.41, 5.74) is 4.06. The molecule has 4 rings (SSSR count). The standard InChI is InChI=1S/C31H36N4O6/c1-19-26(29(36)37)28(27(30(38)39)20(2)33-19)23-8-4-9-24(17-23)34-31(40)32-13-6-14-35-15-11-21(12-16-35)22-7-5-10-25(18-22)41-3/h4-5,7-11,17-18,28,33H,6,12-16H2,1-3H3,(H,36,37)(H,38,39)(H2,32,34,40). The molecule has 0 aromatic heterocycles. The van der Waals surface area contributed by atoms with E-state index in [1.807, 2.05) is 12.1 Å². The van der Waals surface area contributed by atoms with Gasteiger partial charge in [-0.3, -0.25) is 4.90 Å². The van der Waals surface area contributed by atoms with Gasteiger partial charge in [0.15, 0.2) is 0 Å². The van der Waals surface area contributed by atoms with E-state index < -0.39 is 17.9 Å². The molecule has 0 unspecified atom stereocenters. The van der Waals surface area contributed by atoms with E-state index in [9.17, 15) is 24.6 Å². The minimum Gasteiger partial charge on any atom is -0.497 e. The molecular formula is C31H36N4O6. The zero-order chi connectivity index (χ0) is 29.5. The lowest BCUT2D eigenvalue weighted by Crippen LogP contribution is -2.34. The average molecular weight is 561 g/mol. The van der Waals surface area contributed by atoms with Crippen LogP contribution in [0.3, 0.4) is 0 Å². The van der Waals surface area contributed by atoms with Crippen molar-refractivity contribution < 1.29 is 29.3 Å². The summed E-state index contributed by atoms with van der Waals surface area (Å²) in [4.78, 5) is 39.0. The van der Waals surface area contributed by atoms with Gasteiger partial charge in [0, 0.05) is 43.3 Å². The number of carbonyl (C=O) groups is 3. The number of hydrogen-bond acceptors (Lipinski definition) is 6. The molecule has 0 aliphatic carbocycles. The van der Waals surface area contributed by atoms with Crippen LogP contribution in [0, 0.1) is 0 Å². The lowest BCUT2D eigenvalue weighted by atomic mass is 9.80. The maximum Gasteiger partial charge on any atom is 0.334 e. The van der Waals surface area contributed by atoms with Gasteiger partial charge in [-0.2, -0.15) is 0 Å². The van der Waals surface area contributed by atoms with Gasteiger partial charge < -0.3 is 30.9 Å². The number of anilines is 1. The van der Waals surface area contributed by atoms with Gasteiger partial charge in [0.25, 0.3) is 0 Å². The number of urea groups is 1. The van der Waals surface area contributed by atoms with Crippen molar-refractivity contribution in [1.29, 1.82) is 0 Å². The Hall–Kier alpha value is -4.57. The fraction of sp³-hybridized carbons (Fsp3) is 0.323. The number of hydrogen-bond donors (Lipinski definition) is 5. The summed E-state index contributed by atoms with van der Waals surface area (Å²) in [6, 6.07) is 14.3. The van der Waals surface area contributed by atoms with Gasteiger partial charge >= 0.3 is 18.0 Å². The smallest absolute Gasteiger partial charge is 0.334 e. The number of allylic oxidation sites excluding steroid dienone is 2. The Morgan fingerprint density at radius 1 is 1.02 bits per heavy atom. The molecule has 5 N–H and O–H groups in total. The number of ether oxygens (including phenoxy) is 1. The molecule has 0 atom stereocenters. The highest BCUT2D eigenvalue weighted by Crippen LogP contribution is 2.39. The SMILES string of the molecule is COc1cccc(C2=CCN(CCCNC(=O)Nc3cccc(C4C(C(=O)O)=C(C)NC(C)=C4C(=O)O)c3)CC2)c1. The first-order valence-corrected chi connectivity index (χ1v) is 13.5. The first-order chi connectivity index (χ1) is 19.7. The number of rotatable bonds is 10. The Kier molecular flexibility index (Phi) is 9.46. The number of methoxy groups -OCH3 is 1. The monoisotopic (exact) mass is 560 g/mol. The van der Waals surface area contributed by atoms with Crippen LogP contribution in [0.5, 0.6) is 5.75 Å². The Balaban J connectivity index is 1.30. The molecule has 216 valence electrons. The van der Waals surface area contributed by atoms with E-state index >= 15 is 0 Å². The van der Waals surface area contributed by atoms with Crippen LogP contribution in [0.2, 0.25) is 0 Å². The normalized spacial score (nSPS) is 16.1. The number of carboxylic acid groups (broad SMARTS) is 2. The number of carboxylic acids is 2. The third kappa shape index (κ3) is 7.15. The summed E-state index contributed by atoms with van der Waals surface area (Å²) in [5.74, 6) is -2.55. The Bertz CT molecular complexity index is 1390. The second-order valence-electron chi connectivity index (χ2n) is 10.1. The number of nitrogens with zero attached hydrogens (tertiary/aromatic N) is 1. The number of amides is 2. The van der Waals surface area contributed by atoms with E-state index in [0.717, 1.165) is 38.2 Å². The molecule has 0 bridgehead atoms. The van der Waals surface area contributed by atoms with E-state index in [4.69, 9.17) is 4.74 Å². The largest absolute Gasteiger partial charge is 0.497 e. The third-order valence-electron chi connectivity index (χ3n) is 7.37. The molecule has 10 nitrogen and oxygen atoms in total. The van der Waals surface area contributed by atoms with E-state index in [1.54, 1.807) is 45.2 Å². The minimum absolute atomic E-state index is 0.0437. The molecule has 0 saturated carbocycles. The van der Waals surface area contributed by atoms with Gasteiger partial charge in [0.05, 0.1) is 24.2 Å². The predicted molar refractivity (Wildman–Crippen MR) is 157 cm³/mol. The number of dihydropyridines is 1. The summed E-state index contributed by atoms with van der Waals surface area (Å²) in [6.45, 7) is 6.33. The van der Waals surface area contributed by atoms with Crippen LogP contribution in [0.25, 0.3) is 5.57 Å². The molecule has 0 fully saturated rings. The second kappa shape index (κ2) is 13.2. The lowest BCUT2D eigenvalue weighted by Gasteiger charge is -2.29. The summed E-state index contributed by atoms with van der Waals surface area (Å²) in [5, 5.41) is 28.2. The topological polar surface area (TPSA) is 140 Å². The summed E-state index contributed by atoms with van der Waals surface area (Å²) < 4.78 is 5.33. The van der Waals surface area contributed by atoms with Crippen LogP contribution in [-0.4, -0.2) is 66.4 Å². The zero-order valence-electron chi connectivity index (χ0n) is 23.5. The van der Waals surface area contributed by atoms with Gasteiger partial charge in [-0.05, 0) is 67.7 Å². The van der Waals surface area contributed by atoms with Crippen LogP contribution < -0.4 is 20.7 Å². The molecule has 2 aromatic rings. The number of carbonyl (C=O) groups excluding carboxylic acids is 1. The Morgan fingerprint density at radius 3 is 2.37 bits per heavy atom. The Morgan fingerprint density at radius 2 is 1.73 bits per heavy atom. The molecule has 2 amide bonds. The molecule has 2 heterocycles. The average Bonchev–Trinajstić information content (AvgIpc) is 2.95. The van der Waals surface area contributed by atoms with Crippen molar-refractivity contribution in [2.75, 3.05) is 38.6 Å². The van der Waals surface area contributed by atoms with Crippen LogP contribution in [0.4, 0.5) is 10.5 Å². The van der Waals surface area contributed by atoms with Gasteiger partial charge in [0.1, 0.15) is 5.75 Å². The van der Waals surface area contributed by atoms with Crippen LogP contribution >= 0.6 is 0 Å². The molecule has 41 heavy (non-hydrogen) atoms. The van der Waals surface area contributed by atoms with Gasteiger partial charge in [-0.15, -0.1) is 0 Å². The first-order valence-electron chi connectivity index (χ1n) is 13.5. The highest BCUT2D eigenvalue weighted by atomic mass is 16.5. The summed E-state index contributed by atoms with van der Waals surface area (Å²) >= 11 is 0. The molecule has 0 saturated heterocycles. The van der Waals surface area contributed by atoms with Crippen LogP contribution in [-0.2, 0) is 9.59 Å². The molecule has 2 aliphatic rings. The number of aliphatic carboxylic acids is 2. The van der Waals surface area contributed by atoms with E-state index in [2.05, 4.69) is 39.1 Å². The molecule has 0 radical (unpaired) electrons. The molecule has 2 aliphatic heterocycles. The van der Waals surface area contributed by atoms with E-state index in [0.29, 0.717) is 29.2 Å². The number of benzene rings is 2. The molecular weight excluding hydrogens is 524 g/mol. The van der Waals surface area contributed by atoms with Crippen molar-refractivity contribution in [2.45, 2.75) is 32.6 Å². The molecule has 0 spiro atoms. The summed E-state index contributed by atoms with van der Waals surface area (Å²) in [6.07, 6.45) is 3.97. The fourth-order valence-corrected chi connectivity index (χ4v) is 5.37. The summed E-state index contributed by atoms with van der Waals surface area (Å²) in [7, 11) is 1.67. The second-order valence-corrected chi connectivity index (χ2v) is 10.1. The zero-order valence-corrected chi connectivity index (χ0v) is 23.5. The van der Waals surface area contributed by atoms with Crippen molar-refractivity contribution in [2.24, 2.45) is 0 Å². The van der Waals surface area contributed by atoms with Crippen molar-refractivity contribution in [3.05, 3.63) is 88.3 Å². The van der Waals surface area contributed by atoms with Crippen LogP contribution in [0.15, 0.2) is 77.1 Å². The van der Waals surface area contributed by atoms with E-state index in [-0.39, 0.29) is 17.2 Å². The van der Waals surface area contributed by atoms with Crippen LogP contribution in [0.1, 0.15) is 43.7 Å². The van der Waals surface area contributed by atoms with Crippen molar-refractivity contribution in [3.8, 4) is 5.75 Å². The maximum atomic E-state index is 12.6. The van der Waals surface area contributed by atoms with Crippen molar-refractivity contribution >= 4 is 29.2 Å². The quantitative estimate of drug-likeness (QED) is 0.270. The third-order valence-corrected chi connectivity index (χ3v) is 7.37. The fourth-order valence-electron chi connectivity index (χ4n) is 5.37. The lowest BCUT2D eigenvalue weighted by molar-refractivity contribution is -0.133. The van der Waals surface area contributed by atoms with Gasteiger partial charge in [-0.1, -0.05) is 30.3 Å². The highest BCUT2D eigenvalue weighted by Gasteiger charge is 2.36. The predicted octanol–water partition coefficient (Wildman–Crippen LogP) is 4.40. The Labute approximate surface area is 239 Å². The minimum atomic E-state index is -1.21.